The molecule has 1 aliphatic rings. The topological polar surface area (TPSA) is 106 Å². The summed E-state index contributed by atoms with van der Waals surface area (Å²) in [5, 5.41) is 14.8. The molecule has 1 aromatic heterocycles. The van der Waals surface area contributed by atoms with E-state index < -0.39 is 12.0 Å². The molecule has 5 rings (SSSR count). The van der Waals surface area contributed by atoms with Crippen molar-refractivity contribution in [1.82, 2.24) is 5.16 Å². The number of aliphatic hydroxyl groups is 1. The Hall–Kier alpha value is -4.03. The van der Waals surface area contributed by atoms with Gasteiger partial charge in [-0.25, -0.2) is 0 Å². The van der Waals surface area contributed by atoms with E-state index in [1.54, 1.807) is 0 Å². The molecule has 1 atom stereocenters. The predicted molar refractivity (Wildman–Crippen MR) is 137 cm³/mol. The van der Waals surface area contributed by atoms with Crippen LogP contribution in [0.4, 0.5) is 0 Å². The van der Waals surface area contributed by atoms with Crippen LogP contribution < -0.4 is 5.73 Å². The average Bonchev–Trinajstić information content (AvgIpc) is 3.59. The molecular formula is C30H28N2O4. The van der Waals surface area contributed by atoms with Gasteiger partial charge in [-0.05, 0) is 54.4 Å². The molecule has 6 nitrogen and oxygen atoms in total. The number of rotatable bonds is 10. The number of hydrogen-bond donors (Lipinski definition) is 2. The summed E-state index contributed by atoms with van der Waals surface area (Å²) < 4.78 is 5.50. The van der Waals surface area contributed by atoms with E-state index in [1.165, 1.54) is 5.56 Å². The molecule has 1 aliphatic carbocycles. The van der Waals surface area contributed by atoms with Crippen molar-refractivity contribution in [2.45, 2.75) is 43.6 Å². The molecule has 0 bridgehead atoms. The minimum atomic E-state index is -0.933. The van der Waals surface area contributed by atoms with Crippen molar-refractivity contribution in [3.8, 4) is 22.5 Å². The van der Waals surface area contributed by atoms with E-state index in [2.05, 4.69) is 5.16 Å². The van der Waals surface area contributed by atoms with Crippen LogP contribution >= 0.6 is 0 Å². The summed E-state index contributed by atoms with van der Waals surface area (Å²) in [7, 11) is 0. The van der Waals surface area contributed by atoms with Crippen molar-refractivity contribution in [3.63, 3.8) is 0 Å². The second-order valence-corrected chi connectivity index (χ2v) is 9.46. The Labute approximate surface area is 209 Å². The highest BCUT2D eigenvalue weighted by molar-refractivity contribution is 5.94. The third-order valence-corrected chi connectivity index (χ3v) is 7.03. The molecule has 0 saturated heterocycles. The fraction of sp³-hybridized carbons (Fsp3) is 0.233. The number of benzene rings is 3. The third kappa shape index (κ3) is 4.72. The van der Waals surface area contributed by atoms with E-state index in [0.29, 0.717) is 23.3 Å². The number of aryl methyl sites for hydroxylation is 1. The largest absolute Gasteiger partial charge is 0.388 e. The highest BCUT2D eigenvalue weighted by atomic mass is 16.5. The highest BCUT2D eigenvalue weighted by Gasteiger charge is 2.44. The summed E-state index contributed by atoms with van der Waals surface area (Å²) in [6.07, 6.45) is 3.93. The zero-order valence-corrected chi connectivity index (χ0v) is 19.9. The van der Waals surface area contributed by atoms with Crippen LogP contribution in [0.2, 0.25) is 0 Å². The van der Waals surface area contributed by atoms with E-state index in [4.69, 9.17) is 10.3 Å². The number of nitrogens with two attached hydrogens (primary N) is 1. The second kappa shape index (κ2) is 9.91. The molecule has 1 amide bonds. The van der Waals surface area contributed by atoms with Gasteiger partial charge >= 0.3 is 0 Å². The van der Waals surface area contributed by atoms with Gasteiger partial charge in [0.1, 0.15) is 6.29 Å². The molecule has 36 heavy (non-hydrogen) atoms. The van der Waals surface area contributed by atoms with Gasteiger partial charge in [0.15, 0.2) is 11.5 Å². The first-order chi connectivity index (χ1) is 17.5. The molecule has 1 fully saturated rings. The number of amides is 1. The lowest BCUT2D eigenvalue weighted by atomic mass is 9.94. The summed E-state index contributed by atoms with van der Waals surface area (Å²) in [5.41, 5.74) is 10.5. The fourth-order valence-corrected chi connectivity index (χ4v) is 4.70. The van der Waals surface area contributed by atoms with Crippen LogP contribution in [0.1, 0.15) is 59.0 Å². The van der Waals surface area contributed by atoms with Crippen LogP contribution in [0.5, 0.6) is 0 Å². The van der Waals surface area contributed by atoms with Crippen molar-refractivity contribution in [2.75, 3.05) is 0 Å². The van der Waals surface area contributed by atoms with Gasteiger partial charge in [-0.1, -0.05) is 84.0 Å². The average molecular weight is 481 g/mol. The molecule has 0 spiro atoms. The molecule has 4 aromatic rings. The lowest BCUT2D eigenvalue weighted by Gasteiger charge is -2.12. The Morgan fingerprint density at radius 3 is 2.17 bits per heavy atom. The Morgan fingerprint density at radius 2 is 1.58 bits per heavy atom. The van der Waals surface area contributed by atoms with Crippen molar-refractivity contribution in [1.29, 1.82) is 0 Å². The van der Waals surface area contributed by atoms with Gasteiger partial charge in [0.2, 0.25) is 0 Å². The maximum absolute atomic E-state index is 12.0. The van der Waals surface area contributed by atoms with E-state index >= 15 is 0 Å². The Balaban J connectivity index is 1.34. The van der Waals surface area contributed by atoms with Gasteiger partial charge in [0, 0.05) is 5.56 Å². The minimum Gasteiger partial charge on any atom is -0.388 e. The van der Waals surface area contributed by atoms with Gasteiger partial charge < -0.3 is 20.2 Å². The van der Waals surface area contributed by atoms with Gasteiger partial charge in [0.05, 0.1) is 17.1 Å². The quantitative estimate of drug-likeness (QED) is 0.296. The van der Waals surface area contributed by atoms with Gasteiger partial charge in [-0.3, -0.25) is 4.79 Å². The number of carbonyl (C=O) groups excluding carboxylic acids is 2. The first kappa shape index (κ1) is 23.7. The zero-order chi connectivity index (χ0) is 25.1. The molecule has 3 N–H and O–H groups in total. The van der Waals surface area contributed by atoms with Crippen LogP contribution in [0.3, 0.4) is 0 Å². The van der Waals surface area contributed by atoms with E-state index in [1.807, 2.05) is 78.9 Å². The first-order valence-corrected chi connectivity index (χ1v) is 12.2. The number of hydrogen-bond acceptors (Lipinski definition) is 5. The standard InChI is InChI=1S/C30H28N2O4/c31-29(35)27-26(25(34)8-4-7-20-5-2-1-3-6-20)28(36-32-27)23-11-9-21(10-12-23)22-13-15-24(16-14-22)30(19-33)17-18-30/h1-3,5-6,9-16,19,25,34H,4,7-8,17-18H2,(H2,31,35). The van der Waals surface area contributed by atoms with Crippen LogP contribution in [0.25, 0.3) is 22.5 Å². The van der Waals surface area contributed by atoms with Gasteiger partial charge in [-0.15, -0.1) is 0 Å². The highest BCUT2D eigenvalue weighted by Crippen LogP contribution is 2.46. The molecule has 1 unspecified atom stereocenters. The number of aromatic nitrogens is 1. The number of carbonyl (C=O) groups is 2. The molecule has 1 heterocycles. The first-order valence-electron chi connectivity index (χ1n) is 12.2. The maximum atomic E-state index is 12.0. The normalized spacial score (nSPS) is 14.8. The molecule has 0 radical (unpaired) electrons. The Kier molecular flexibility index (Phi) is 6.53. The summed E-state index contributed by atoms with van der Waals surface area (Å²) >= 11 is 0. The monoisotopic (exact) mass is 480 g/mol. The minimum absolute atomic E-state index is 0.0407. The molecule has 1 saturated carbocycles. The number of aldehydes is 1. The van der Waals surface area contributed by atoms with Gasteiger partial charge in [0.25, 0.3) is 5.91 Å². The van der Waals surface area contributed by atoms with Gasteiger partial charge in [-0.2, -0.15) is 0 Å². The number of primary amides is 1. The van der Waals surface area contributed by atoms with E-state index in [0.717, 1.165) is 48.7 Å². The zero-order valence-electron chi connectivity index (χ0n) is 19.9. The lowest BCUT2D eigenvalue weighted by Crippen LogP contribution is -2.15. The smallest absolute Gasteiger partial charge is 0.271 e. The number of nitrogens with zero attached hydrogens (tertiary/aromatic N) is 1. The summed E-state index contributed by atoms with van der Waals surface area (Å²) in [6.45, 7) is 0. The van der Waals surface area contributed by atoms with E-state index in [-0.39, 0.29) is 11.1 Å². The number of aliphatic hydroxyl groups excluding tert-OH is 1. The fourth-order valence-electron chi connectivity index (χ4n) is 4.70. The molecule has 6 heteroatoms. The molecule has 3 aromatic carbocycles. The Bertz CT molecular complexity index is 1350. The van der Waals surface area contributed by atoms with Crippen molar-refractivity contribution < 1.29 is 19.2 Å². The summed E-state index contributed by atoms with van der Waals surface area (Å²) in [4.78, 5) is 23.4. The SMILES string of the molecule is NC(=O)c1noc(-c2ccc(-c3ccc(C4(C=O)CC4)cc3)cc2)c1C(O)CCCc1ccccc1. The second-order valence-electron chi connectivity index (χ2n) is 9.46. The summed E-state index contributed by atoms with van der Waals surface area (Å²) in [6, 6.07) is 25.8. The van der Waals surface area contributed by atoms with E-state index in [9.17, 15) is 14.7 Å². The van der Waals surface area contributed by atoms with Crippen LogP contribution in [0.15, 0.2) is 83.4 Å². The summed E-state index contributed by atoms with van der Waals surface area (Å²) in [5.74, 6) is -0.387. The van der Waals surface area contributed by atoms with Crippen LogP contribution in [0, 0.1) is 0 Å². The van der Waals surface area contributed by atoms with Crippen molar-refractivity contribution in [2.24, 2.45) is 5.73 Å². The maximum Gasteiger partial charge on any atom is 0.271 e. The van der Waals surface area contributed by atoms with Crippen LogP contribution in [-0.4, -0.2) is 22.5 Å². The lowest BCUT2D eigenvalue weighted by molar-refractivity contribution is -0.109. The molecule has 182 valence electrons. The third-order valence-electron chi connectivity index (χ3n) is 7.03. The van der Waals surface area contributed by atoms with Crippen molar-refractivity contribution in [3.05, 3.63) is 101 Å². The molecular weight excluding hydrogens is 452 g/mol. The molecule has 0 aliphatic heterocycles. The van der Waals surface area contributed by atoms with Crippen LogP contribution in [-0.2, 0) is 16.6 Å². The Morgan fingerprint density at radius 1 is 0.972 bits per heavy atom. The van der Waals surface area contributed by atoms with Crippen molar-refractivity contribution >= 4 is 12.2 Å². The predicted octanol–water partition coefficient (Wildman–Crippen LogP) is 5.39.